The van der Waals surface area contributed by atoms with Gasteiger partial charge in [-0.1, -0.05) is 31.2 Å². The zero-order valence-electron chi connectivity index (χ0n) is 38.4. The van der Waals surface area contributed by atoms with Crippen molar-refractivity contribution >= 4 is 17.4 Å². The van der Waals surface area contributed by atoms with Crippen LogP contribution in [-0.2, 0) is 58.8 Å². The molecule has 0 aromatic carbocycles. The summed E-state index contributed by atoms with van der Waals surface area (Å²) in [6.07, 6.45) is 7.60. The summed E-state index contributed by atoms with van der Waals surface area (Å²) >= 11 is 0. The minimum absolute atomic E-state index is 0.00582. The quantitative estimate of drug-likeness (QED) is 0.209. The number of Topliss-reactive ketones (excluding diaryl/α,β-unsaturated/α-hetero) is 1. The zero-order chi connectivity index (χ0) is 44.4. The lowest BCUT2D eigenvalue weighted by atomic mass is 9.69. The number of allylic oxidation sites excluding steroid dienone is 4. The average Bonchev–Trinajstić information content (AvgIpc) is 3.98. The topological polar surface area (TPSA) is 171 Å². The lowest BCUT2D eigenvalue weighted by Crippen LogP contribution is -2.59. The summed E-state index contributed by atoms with van der Waals surface area (Å²) in [5.41, 5.74) is 2.16. The molecular formula is C46H72N4O12. The second-order valence-corrected chi connectivity index (χ2v) is 18.7. The molecule has 1 saturated carbocycles. The van der Waals surface area contributed by atoms with Gasteiger partial charge >= 0.3 is 5.97 Å². The summed E-state index contributed by atoms with van der Waals surface area (Å²) in [4.78, 5) is 31.2. The first-order chi connectivity index (χ1) is 29.7. The van der Waals surface area contributed by atoms with E-state index in [9.17, 15) is 9.90 Å². The highest BCUT2D eigenvalue weighted by molar-refractivity contribution is 5.99. The number of nitrogens with zero attached hydrogens (tertiary/aromatic N) is 4. The first kappa shape index (κ1) is 47.3. The van der Waals surface area contributed by atoms with Gasteiger partial charge in [-0.05, 0) is 110 Å². The fourth-order valence-electron chi connectivity index (χ4n) is 11.4. The van der Waals surface area contributed by atoms with Crippen LogP contribution < -0.4 is 0 Å². The molecular weight excluding hydrogens is 801 g/mol. The van der Waals surface area contributed by atoms with Crippen LogP contribution in [0, 0.1) is 35.5 Å². The SMILES string of the molecule is CC[C@H]1CCC[C@H](O[C@H]2CC[C@H](N(C)C)C(C)O2)[C@@H](C)C(=O)C2=C[C@@H]3[C@@H](C=C(n4cc(COC(C)O)nn4)[C@@H]4C[C@@H](O[C@@H]5OC(C)[C@H](OC)C(OC)C5OC)C[C@@H]34)[C@@H]2CC(=O)O1. The molecule has 1 N–H and O–H groups in total. The van der Waals surface area contributed by atoms with E-state index in [1.54, 1.807) is 32.9 Å². The van der Waals surface area contributed by atoms with Gasteiger partial charge in [-0.3, -0.25) is 9.59 Å². The summed E-state index contributed by atoms with van der Waals surface area (Å²) in [6, 6.07) is 0.299. The number of methoxy groups -OCH3 is 3. The summed E-state index contributed by atoms with van der Waals surface area (Å²) < 4.78 is 57.5. The van der Waals surface area contributed by atoms with Crippen LogP contribution >= 0.6 is 0 Å². The molecule has 7 rings (SSSR count). The zero-order valence-corrected chi connectivity index (χ0v) is 38.4. The molecule has 4 fully saturated rings. The largest absolute Gasteiger partial charge is 0.462 e. The van der Waals surface area contributed by atoms with Crippen LogP contribution in [0.25, 0.3) is 5.70 Å². The molecule has 0 spiro atoms. The molecule has 0 amide bonds. The monoisotopic (exact) mass is 873 g/mol. The molecule has 3 saturated heterocycles. The van der Waals surface area contributed by atoms with Crippen molar-refractivity contribution in [3.8, 4) is 0 Å². The van der Waals surface area contributed by atoms with Gasteiger partial charge in [-0.25, -0.2) is 4.68 Å². The van der Waals surface area contributed by atoms with Crippen molar-refractivity contribution in [2.75, 3.05) is 35.4 Å². The number of fused-ring (bicyclic) bond motifs is 5. The lowest BCUT2D eigenvalue weighted by Gasteiger charge is -2.44. The number of esters is 1. The number of aromatic nitrogens is 3. The Labute approximate surface area is 367 Å². The predicted octanol–water partition coefficient (Wildman–Crippen LogP) is 4.92. The van der Waals surface area contributed by atoms with E-state index in [0.29, 0.717) is 49.4 Å². The number of rotatable bonds is 13. The van der Waals surface area contributed by atoms with E-state index < -0.39 is 42.9 Å². The number of ether oxygens (including phenoxy) is 9. The number of likely N-dealkylation sites (N-methyl/N-ethyl adjacent to an activating group) is 1. The van der Waals surface area contributed by atoms with E-state index in [-0.39, 0.29) is 85.1 Å². The molecule has 3 aliphatic carbocycles. The van der Waals surface area contributed by atoms with Gasteiger partial charge in [-0.2, -0.15) is 0 Å². The van der Waals surface area contributed by atoms with Gasteiger partial charge < -0.3 is 52.6 Å². The molecule has 348 valence electrons. The first-order valence-corrected chi connectivity index (χ1v) is 23.0. The van der Waals surface area contributed by atoms with Crippen LogP contribution in [0.2, 0.25) is 0 Å². The highest BCUT2D eigenvalue weighted by Gasteiger charge is 2.55. The fourth-order valence-corrected chi connectivity index (χ4v) is 11.4. The molecule has 6 aliphatic rings. The minimum Gasteiger partial charge on any atom is -0.462 e. The number of ketones is 1. The molecule has 4 heterocycles. The van der Waals surface area contributed by atoms with Gasteiger partial charge in [0.05, 0.1) is 43.6 Å². The van der Waals surface area contributed by atoms with Crippen LogP contribution in [0.4, 0.5) is 0 Å². The standard InChI is InChI=1S/C46H72N4O12/c1-11-29-13-12-14-39(62-41-16-15-37(49(6)7)25(3)58-41)24(2)42(53)36-19-32-31-17-30(61-46-45(56-10)44(55-9)43(54-8)26(4)59-46)18-35(31)38(20-33(32)34(36)21-40(52)60-29)50-22-28(47-48-50)23-57-27(5)51/h19-20,22,24-27,29-35,37,39,41,43-46,51H,11-18,21,23H2,1-10H3/t24-,25?,26?,27?,29+,30+,31+,32+,33-,34+,35-,37+,39+,41+,43+,44?,45?,46+/m1/s1. The highest BCUT2D eigenvalue weighted by atomic mass is 16.7. The van der Waals surface area contributed by atoms with Crippen molar-refractivity contribution in [3.63, 3.8) is 0 Å². The lowest BCUT2D eigenvalue weighted by molar-refractivity contribution is -0.314. The predicted molar refractivity (Wildman–Crippen MR) is 226 cm³/mol. The van der Waals surface area contributed by atoms with Gasteiger partial charge in [0, 0.05) is 50.8 Å². The van der Waals surface area contributed by atoms with Crippen molar-refractivity contribution in [1.82, 2.24) is 19.9 Å². The molecule has 0 radical (unpaired) electrons. The van der Waals surface area contributed by atoms with Crippen LogP contribution in [0.5, 0.6) is 0 Å². The van der Waals surface area contributed by atoms with Crippen molar-refractivity contribution in [2.45, 2.75) is 173 Å². The third kappa shape index (κ3) is 10.1. The number of hydrogen-bond acceptors (Lipinski definition) is 15. The maximum Gasteiger partial charge on any atom is 0.306 e. The number of cyclic esters (lactones) is 1. The molecule has 16 nitrogen and oxygen atoms in total. The molecule has 3 aliphatic heterocycles. The summed E-state index contributed by atoms with van der Waals surface area (Å²) in [7, 11) is 9.06. The van der Waals surface area contributed by atoms with Crippen molar-refractivity contribution in [3.05, 3.63) is 29.6 Å². The Morgan fingerprint density at radius 3 is 2.34 bits per heavy atom. The number of hydrogen-bond donors (Lipinski definition) is 1. The first-order valence-electron chi connectivity index (χ1n) is 23.0. The van der Waals surface area contributed by atoms with Gasteiger partial charge in [0.1, 0.15) is 30.1 Å². The van der Waals surface area contributed by atoms with Gasteiger partial charge in [0.15, 0.2) is 24.7 Å². The van der Waals surface area contributed by atoms with Gasteiger partial charge in [0.25, 0.3) is 0 Å². The van der Waals surface area contributed by atoms with Crippen molar-refractivity contribution in [1.29, 1.82) is 0 Å². The van der Waals surface area contributed by atoms with Gasteiger partial charge in [0.2, 0.25) is 0 Å². The Balaban J connectivity index is 1.21. The molecule has 62 heavy (non-hydrogen) atoms. The van der Waals surface area contributed by atoms with Crippen LogP contribution in [-0.4, -0.2) is 146 Å². The molecule has 1 aromatic heterocycles. The van der Waals surface area contributed by atoms with E-state index in [4.69, 9.17) is 42.6 Å². The average molecular weight is 873 g/mol. The second-order valence-electron chi connectivity index (χ2n) is 18.7. The van der Waals surface area contributed by atoms with E-state index in [0.717, 1.165) is 25.0 Å². The number of carbonyl (C=O) groups is 2. The second kappa shape index (κ2) is 20.7. The highest BCUT2D eigenvalue weighted by Crippen LogP contribution is 2.57. The van der Waals surface area contributed by atoms with Gasteiger partial charge in [-0.15, -0.1) is 5.10 Å². The van der Waals surface area contributed by atoms with E-state index in [2.05, 4.69) is 48.4 Å². The minimum atomic E-state index is -0.959. The van der Waals surface area contributed by atoms with Crippen LogP contribution in [0.15, 0.2) is 23.9 Å². The van der Waals surface area contributed by atoms with E-state index in [1.165, 1.54) is 0 Å². The Hall–Kier alpha value is -2.64. The maximum atomic E-state index is 15.1. The van der Waals surface area contributed by atoms with Crippen LogP contribution in [0.1, 0.15) is 98.1 Å². The summed E-state index contributed by atoms with van der Waals surface area (Å²) in [6.45, 7) is 9.71. The maximum absolute atomic E-state index is 15.1. The molecule has 0 bridgehead atoms. The Morgan fingerprint density at radius 2 is 1.66 bits per heavy atom. The smallest absolute Gasteiger partial charge is 0.306 e. The Bertz CT molecular complexity index is 1740. The number of carbonyl (C=O) groups excluding carboxylic acids is 2. The fraction of sp³-hybridized carbons (Fsp3) is 0.826. The third-order valence-corrected chi connectivity index (χ3v) is 14.6. The van der Waals surface area contributed by atoms with Crippen LogP contribution in [0.3, 0.4) is 0 Å². The van der Waals surface area contributed by atoms with E-state index in [1.807, 2.05) is 27.0 Å². The van der Waals surface area contributed by atoms with Crippen molar-refractivity contribution < 1.29 is 57.3 Å². The number of aliphatic hydroxyl groups excluding tert-OH is 1. The van der Waals surface area contributed by atoms with Crippen molar-refractivity contribution in [2.24, 2.45) is 35.5 Å². The third-order valence-electron chi connectivity index (χ3n) is 14.6. The molecule has 1 aromatic rings. The molecule has 5 unspecified atom stereocenters. The summed E-state index contributed by atoms with van der Waals surface area (Å²) in [5, 5.41) is 18.7. The Kier molecular flexibility index (Phi) is 15.8. The molecule has 16 heteroatoms. The Morgan fingerprint density at radius 1 is 0.903 bits per heavy atom. The summed E-state index contributed by atoms with van der Waals surface area (Å²) in [5.74, 6) is -1.42. The van der Waals surface area contributed by atoms with E-state index >= 15 is 4.79 Å². The molecule has 18 atom stereocenters. The number of aliphatic hydroxyl groups is 1. The normalized spacial score (nSPS) is 41.0.